The van der Waals surface area contributed by atoms with E-state index in [1.54, 1.807) is 27.7 Å². The average Bonchev–Trinajstić information content (AvgIpc) is 2.94. The van der Waals surface area contributed by atoms with E-state index in [1.165, 1.54) is 0 Å². The van der Waals surface area contributed by atoms with Gasteiger partial charge in [0.1, 0.15) is 0 Å². The smallest absolute Gasteiger partial charge is 0.255 e. The lowest BCUT2D eigenvalue weighted by Gasteiger charge is -2.07. The zero-order chi connectivity index (χ0) is 14.8. The Bertz CT molecular complexity index is 815. The Balaban J connectivity index is 2.07. The summed E-state index contributed by atoms with van der Waals surface area (Å²) in [5, 5.41) is 4.16. The van der Waals surface area contributed by atoms with Crippen LogP contribution in [0.4, 0.5) is 0 Å². The Kier molecular flexibility index (Phi) is 3.39. The second-order valence-corrected chi connectivity index (χ2v) is 4.89. The van der Waals surface area contributed by atoms with Crippen LogP contribution < -0.4 is 5.56 Å². The van der Waals surface area contributed by atoms with Crippen LogP contribution in [0.2, 0.25) is 0 Å². The van der Waals surface area contributed by atoms with Crippen LogP contribution in [0.15, 0.2) is 53.8 Å². The molecule has 3 aromatic rings. The van der Waals surface area contributed by atoms with Crippen LogP contribution in [0.1, 0.15) is 12.6 Å². The van der Waals surface area contributed by atoms with Crippen molar-refractivity contribution < 1.29 is 0 Å². The Hall–Kier alpha value is -2.69. The van der Waals surface area contributed by atoms with E-state index in [2.05, 4.69) is 17.0 Å². The van der Waals surface area contributed by atoms with Gasteiger partial charge < -0.3 is 0 Å². The molecule has 106 valence electrons. The number of hydrogen-bond acceptors (Lipinski definition) is 3. The van der Waals surface area contributed by atoms with E-state index in [4.69, 9.17) is 0 Å². The molecule has 0 radical (unpaired) electrons. The van der Waals surface area contributed by atoms with Crippen molar-refractivity contribution in [1.82, 2.24) is 19.3 Å². The van der Waals surface area contributed by atoms with E-state index < -0.39 is 0 Å². The SMILES string of the molecule is CCc1ccc(-n2cc(-c3cnn(C)c3)ccc2=O)cn1. The summed E-state index contributed by atoms with van der Waals surface area (Å²) in [6, 6.07) is 7.23. The molecular weight excluding hydrogens is 264 g/mol. The molecule has 3 heterocycles. The molecule has 0 N–H and O–H groups in total. The Morgan fingerprint density at radius 3 is 2.52 bits per heavy atom. The van der Waals surface area contributed by atoms with Crippen molar-refractivity contribution >= 4 is 0 Å². The first-order valence-electron chi connectivity index (χ1n) is 6.84. The standard InChI is InChI=1S/C16H16N4O/c1-3-14-5-6-15(9-17-14)20-11-12(4-7-16(20)21)13-8-18-19(2)10-13/h4-11H,3H2,1-2H3. The number of aryl methyl sites for hydroxylation is 2. The number of pyridine rings is 2. The monoisotopic (exact) mass is 280 g/mol. The molecule has 0 spiro atoms. The lowest BCUT2D eigenvalue weighted by Crippen LogP contribution is -2.16. The Morgan fingerprint density at radius 2 is 1.90 bits per heavy atom. The van der Waals surface area contributed by atoms with Crippen molar-refractivity contribution in [1.29, 1.82) is 0 Å². The van der Waals surface area contributed by atoms with Crippen molar-refractivity contribution in [3.05, 3.63) is 65.1 Å². The van der Waals surface area contributed by atoms with E-state index in [1.807, 2.05) is 37.6 Å². The van der Waals surface area contributed by atoms with E-state index in [9.17, 15) is 4.79 Å². The second-order valence-electron chi connectivity index (χ2n) is 4.89. The molecule has 5 nitrogen and oxygen atoms in total. The molecule has 0 aromatic carbocycles. The predicted octanol–water partition coefficient (Wildman–Crippen LogP) is 2.20. The summed E-state index contributed by atoms with van der Waals surface area (Å²) in [5.74, 6) is 0. The van der Waals surface area contributed by atoms with Crippen LogP contribution in [-0.4, -0.2) is 19.3 Å². The molecule has 3 rings (SSSR count). The molecule has 0 amide bonds. The van der Waals surface area contributed by atoms with Gasteiger partial charge in [-0.2, -0.15) is 5.10 Å². The fourth-order valence-electron chi connectivity index (χ4n) is 2.20. The molecule has 0 saturated carbocycles. The van der Waals surface area contributed by atoms with E-state index in [0.717, 1.165) is 28.9 Å². The van der Waals surface area contributed by atoms with Crippen molar-refractivity contribution in [2.24, 2.45) is 7.05 Å². The highest BCUT2D eigenvalue weighted by atomic mass is 16.1. The molecule has 0 atom stereocenters. The van der Waals surface area contributed by atoms with Crippen LogP contribution >= 0.6 is 0 Å². The fourth-order valence-corrected chi connectivity index (χ4v) is 2.20. The first kappa shape index (κ1) is 13.3. The van der Waals surface area contributed by atoms with Gasteiger partial charge in [-0.25, -0.2) is 0 Å². The van der Waals surface area contributed by atoms with Gasteiger partial charge in [-0.15, -0.1) is 0 Å². The van der Waals surface area contributed by atoms with Gasteiger partial charge in [0.15, 0.2) is 0 Å². The lowest BCUT2D eigenvalue weighted by atomic mass is 10.1. The molecule has 0 fully saturated rings. The summed E-state index contributed by atoms with van der Waals surface area (Å²) < 4.78 is 3.34. The van der Waals surface area contributed by atoms with Gasteiger partial charge in [-0.3, -0.25) is 19.0 Å². The van der Waals surface area contributed by atoms with Gasteiger partial charge in [0.05, 0.1) is 18.1 Å². The Morgan fingerprint density at radius 1 is 1.05 bits per heavy atom. The highest BCUT2D eigenvalue weighted by Crippen LogP contribution is 2.17. The highest BCUT2D eigenvalue weighted by Gasteiger charge is 2.05. The normalized spacial score (nSPS) is 10.8. The molecule has 0 aliphatic heterocycles. The summed E-state index contributed by atoms with van der Waals surface area (Å²) in [5.41, 5.74) is 3.62. The van der Waals surface area contributed by atoms with Crippen LogP contribution in [0.25, 0.3) is 16.8 Å². The zero-order valence-electron chi connectivity index (χ0n) is 12.0. The van der Waals surface area contributed by atoms with Crippen molar-refractivity contribution in [3.63, 3.8) is 0 Å². The predicted molar refractivity (Wildman–Crippen MR) is 81.4 cm³/mol. The third kappa shape index (κ3) is 2.63. The molecule has 0 aliphatic carbocycles. The molecule has 5 heteroatoms. The topological polar surface area (TPSA) is 52.7 Å². The maximum atomic E-state index is 12.1. The summed E-state index contributed by atoms with van der Waals surface area (Å²) in [6.45, 7) is 2.05. The Labute approximate surface area is 122 Å². The van der Waals surface area contributed by atoms with Gasteiger partial charge in [0, 0.05) is 42.3 Å². The molecule has 3 aromatic heterocycles. The number of rotatable bonds is 3. The largest absolute Gasteiger partial charge is 0.282 e. The van der Waals surface area contributed by atoms with E-state index in [0.29, 0.717) is 0 Å². The molecule has 21 heavy (non-hydrogen) atoms. The van der Waals surface area contributed by atoms with Gasteiger partial charge in [0.2, 0.25) is 0 Å². The average molecular weight is 280 g/mol. The van der Waals surface area contributed by atoms with Crippen molar-refractivity contribution in [2.45, 2.75) is 13.3 Å². The molecule has 0 saturated heterocycles. The first-order chi connectivity index (χ1) is 10.2. The number of hydrogen-bond donors (Lipinski definition) is 0. The first-order valence-corrected chi connectivity index (χ1v) is 6.84. The summed E-state index contributed by atoms with van der Waals surface area (Å²) in [4.78, 5) is 16.4. The zero-order valence-corrected chi connectivity index (χ0v) is 12.0. The molecule has 0 aliphatic rings. The van der Waals surface area contributed by atoms with Crippen LogP contribution in [-0.2, 0) is 13.5 Å². The molecule has 0 bridgehead atoms. The minimum absolute atomic E-state index is 0.0753. The third-order valence-electron chi connectivity index (χ3n) is 3.40. The van der Waals surface area contributed by atoms with Gasteiger partial charge in [-0.1, -0.05) is 6.92 Å². The van der Waals surface area contributed by atoms with Gasteiger partial charge in [-0.05, 0) is 24.6 Å². The lowest BCUT2D eigenvalue weighted by molar-refractivity contribution is 0.768. The number of nitrogens with zero attached hydrogens (tertiary/aromatic N) is 4. The maximum absolute atomic E-state index is 12.1. The summed E-state index contributed by atoms with van der Waals surface area (Å²) in [6.07, 6.45) is 8.13. The third-order valence-corrected chi connectivity index (χ3v) is 3.40. The number of aromatic nitrogens is 4. The molecule has 0 unspecified atom stereocenters. The highest BCUT2D eigenvalue weighted by molar-refractivity contribution is 5.61. The van der Waals surface area contributed by atoms with Crippen LogP contribution in [0, 0.1) is 0 Å². The second kappa shape index (κ2) is 5.36. The minimum Gasteiger partial charge on any atom is -0.282 e. The van der Waals surface area contributed by atoms with Crippen molar-refractivity contribution in [2.75, 3.05) is 0 Å². The van der Waals surface area contributed by atoms with Gasteiger partial charge in [0.25, 0.3) is 5.56 Å². The van der Waals surface area contributed by atoms with E-state index >= 15 is 0 Å². The van der Waals surface area contributed by atoms with Crippen LogP contribution in [0.3, 0.4) is 0 Å². The van der Waals surface area contributed by atoms with E-state index in [-0.39, 0.29) is 5.56 Å². The maximum Gasteiger partial charge on any atom is 0.255 e. The van der Waals surface area contributed by atoms with Crippen LogP contribution in [0.5, 0.6) is 0 Å². The minimum atomic E-state index is -0.0753. The van der Waals surface area contributed by atoms with Gasteiger partial charge >= 0.3 is 0 Å². The summed E-state index contributed by atoms with van der Waals surface area (Å²) in [7, 11) is 1.87. The van der Waals surface area contributed by atoms with Crippen molar-refractivity contribution in [3.8, 4) is 16.8 Å². The fraction of sp³-hybridized carbons (Fsp3) is 0.188. The summed E-state index contributed by atoms with van der Waals surface area (Å²) >= 11 is 0. The quantitative estimate of drug-likeness (QED) is 0.739. The molecular formula is C16H16N4O.